The van der Waals surface area contributed by atoms with Crippen LogP contribution in [0.25, 0.3) is 22.5 Å². The number of benzene rings is 2. The zero-order valence-electron chi connectivity index (χ0n) is 26.7. The van der Waals surface area contributed by atoms with E-state index in [1.807, 2.05) is 48.7 Å². The Kier molecular flexibility index (Phi) is 9.29. The van der Waals surface area contributed by atoms with E-state index in [0.717, 1.165) is 22.5 Å². The molecule has 0 atom stereocenters. The molecule has 4 aromatic rings. The van der Waals surface area contributed by atoms with Gasteiger partial charge in [0, 0.05) is 32.5 Å². The molecule has 3 heteroatoms. The van der Waals surface area contributed by atoms with Crippen molar-refractivity contribution in [1.29, 1.82) is 0 Å². The summed E-state index contributed by atoms with van der Waals surface area (Å²) in [6.45, 7) is 26.0. The first-order valence-electron chi connectivity index (χ1n) is 14.4. The van der Waals surface area contributed by atoms with Gasteiger partial charge in [-0.2, -0.15) is 0 Å². The Morgan fingerprint density at radius 1 is 0.634 bits per heavy atom. The summed E-state index contributed by atoms with van der Waals surface area (Å²) in [5.41, 5.74) is 8.77. The predicted octanol–water partition coefficient (Wildman–Crippen LogP) is 10.0. The summed E-state index contributed by atoms with van der Waals surface area (Å²) >= 11 is 0. The fourth-order valence-electron chi connectivity index (χ4n) is 5.98. The molecule has 0 saturated carbocycles. The molecule has 0 aliphatic heterocycles. The summed E-state index contributed by atoms with van der Waals surface area (Å²) in [7, 11) is 0. The second-order valence-corrected chi connectivity index (χ2v) is 14.3. The van der Waals surface area contributed by atoms with E-state index in [1.54, 1.807) is 6.20 Å². The predicted molar refractivity (Wildman–Crippen MR) is 169 cm³/mol. The normalized spacial score (nSPS) is 17.7. The van der Waals surface area contributed by atoms with Crippen LogP contribution in [0, 0.1) is 23.0 Å². The smallest absolute Gasteiger partial charge is 0.0198 e. The number of hydrogen-bond acceptors (Lipinski definition) is 2. The van der Waals surface area contributed by atoms with Gasteiger partial charge in [0.05, 0.1) is 0 Å². The van der Waals surface area contributed by atoms with Gasteiger partial charge in [-0.3, -0.25) is 0 Å². The van der Waals surface area contributed by atoms with Gasteiger partial charge in [-0.25, -0.2) is 0 Å². The zero-order valence-corrected chi connectivity index (χ0v) is 29.1. The molecule has 1 aliphatic rings. The van der Waals surface area contributed by atoms with E-state index >= 15 is 0 Å². The van der Waals surface area contributed by atoms with E-state index < -0.39 is 0 Å². The number of hydrogen-bond donors (Lipinski definition) is 0. The van der Waals surface area contributed by atoms with E-state index in [4.69, 9.17) is 4.98 Å². The Morgan fingerprint density at radius 2 is 1.24 bits per heavy atom. The van der Waals surface area contributed by atoms with Crippen molar-refractivity contribution in [3.63, 3.8) is 0 Å². The van der Waals surface area contributed by atoms with E-state index in [9.17, 15) is 0 Å². The third-order valence-electron chi connectivity index (χ3n) is 10.5. The van der Waals surface area contributed by atoms with Gasteiger partial charge in [0.15, 0.2) is 0 Å². The maximum absolute atomic E-state index is 4.78. The topological polar surface area (TPSA) is 25.8 Å². The van der Waals surface area contributed by atoms with Crippen molar-refractivity contribution in [2.45, 2.75) is 92.4 Å². The average Bonchev–Trinajstić information content (AvgIpc) is 2.93. The molecule has 0 N–H and O–H groups in total. The van der Waals surface area contributed by atoms with Crippen molar-refractivity contribution in [2.24, 2.45) is 10.8 Å². The van der Waals surface area contributed by atoms with Gasteiger partial charge >= 0.3 is 0 Å². The third-order valence-corrected chi connectivity index (χ3v) is 10.5. The van der Waals surface area contributed by atoms with Crippen molar-refractivity contribution >= 4 is 0 Å². The molecule has 0 bridgehead atoms. The maximum atomic E-state index is 4.78. The number of rotatable bonds is 2. The SMILES string of the molecule is CC(C)(C)c1ccc(-c2[c-]cc3c(c2)C(C)(C)C(C)(C)C(C)(C)C3(C)C)nc1.[Ir].[c-]1ccccc1-c1ccccn1. The summed E-state index contributed by atoms with van der Waals surface area (Å²) < 4.78 is 0. The molecule has 2 heterocycles. The average molecular weight is 723 g/mol. The minimum atomic E-state index is 0. The minimum Gasteiger partial charge on any atom is -0.305 e. The molecular formula is C38H46IrN2-2. The van der Waals surface area contributed by atoms with Gasteiger partial charge in [0.2, 0.25) is 0 Å². The quantitative estimate of drug-likeness (QED) is 0.193. The van der Waals surface area contributed by atoms with Crippen LogP contribution in [0.2, 0.25) is 0 Å². The number of pyridine rings is 2. The second-order valence-electron chi connectivity index (χ2n) is 14.3. The Morgan fingerprint density at radius 3 is 1.76 bits per heavy atom. The molecule has 2 aromatic carbocycles. The Balaban J connectivity index is 0.000000296. The van der Waals surface area contributed by atoms with Crippen LogP contribution in [0.3, 0.4) is 0 Å². The van der Waals surface area contributed by atoms with E-state index in [0.29, 0.717) is 0 Å². The third kappa shape index (κ3) is 5.86. The molecule has 2 aromatic heterocycles. The van der Waals surface area contributed by atoms with Crippen molar-refractivity contribution in [2.75, 3.05) is 0 Å². The largest absolute Gasteiger partial charge is 0.305 e. The Bertz CT molecular complexity index is 1400. The van der Waals surface area contributed by atoms with Crippen LogP contribution in [0.5, 0.6) is 0 Å². The summed E-state index contributed by atoms with van der Waals surface area (Å²) in [5, 5.41) is 0. The van der Waals surface area contributed by atoms with Crippen LogP contribution in [0.4, 0.5) is 0 Å². The second kappa shape index (κ2) is 11.6. The van der Waals surface area contributed by atoms with Gasteiger partial charge in [0.25, 0.3) is 0 Å². The van der Waals surface area contributed by atoms with Crippen molar-refractivity contribution in [1.82, 2.24) is 9.97 Å². The molecule has 219 valence electrons. The Labute approximate surface area is 262 Å². The van der Waals surface area contributed by atoms with Crippen molar-refractivity contribution in [3.05, 3.63) is 108 Å². The molecule has 41 heavy (non-hydrogen) atoms. The van der Waals surface area contributed by atoms with Crippen LogP contribution in [0.15, 0.2) is 79.1 Å². The molecule has 2 nitrogen and oxygen atoms in total. The molecule has 1 aliphatic carbocycles. The van der Waals surface area contributed by atoms with Crippen LogP contribution in [0.1, 0.15) is 92.9 Å². The molecule has 0 spiro atoms. The molecule has 0 saturated heterocycles. The van der Waals surface area contributed by atoms with Crippen LogP contribution in [-0.2, 0) is 36.4 Å². The standard InChI is InChI=1S/C27H38N.C11H8N.Ir/c1-23(2,3)19-13-15-22(28-17-19)18-12-14-20-21(16-18)25(6,7)27(10,11)26(8,9)24(20,4)5;1-2-6-10(7-3-1)11-8-4-5-9-12-11;/h13-17H,1-11H3;1-6,8-9H;/q2*-1;. The fourth-order valence-corrected chi connectivity index (χ4v) is 5.98. The van der Waals surface area contributed by atoms with Gasteiger partial charge in [-0.05, 0) is 50.1 Å². The summed E-state index contributed by atoms with van der Waals surface area (Å²) in [5.74, 6) is 0. The summed E-state index contributed by atoms with van der Waals surface area (Å²) in [6, 6.07) is 29.3. The first-order valence-corrected chi connectivity index (χ1v) is 14.4. The van der Waals surface area contributed by atoms with Gasteiger partial charge in [0.1, 0.15) is 0 Å². The monoisotopic (exact) mass is 723 g/mol. The van der Waals surface area contributed by atoms with Crippen LogP contribution >= 0.6 is 0 Å². The van der Waals surface area contributed by atoms with Crippen molar-refractivity contribution in [3.8, 4) is 22.5 Å². The van der Waals surface area contributed by atoms with Crippen molar-refractivity contribution < 1.29 is 20.1 Å². The molecule has 5 rings (SSSR count). The van der Waals surface area contributed by atoms with E-state index in [-0.39, 0.29) is 47.2 Å². The molecular weight excluding hydrogens is 677 g/mol. The van der Waals surface area contributed by atoms with E-state index in [1.165, 1.54) is 16.7 Å². The number of nitrogens with zero attached hydrogens (tertiary/aromatic N) is 2. The van der Waals surface area contributed by atoms with Gasteiger partial charge in [-0.1, -0.05) is 100 Å². The maximum Gasteiger partial charge on any atom is 0.0198 e. The van der Waals surface area contributed by atoms with Gasteiger partial charge in [-0.15, -0.1) is 70.8 Å². The van der Waals surface area contributed by atoms with Crippen LogP contribution in [-0.4, -0.2) is 9.97 Å². The zero-order chi connectivity index (χ0) is 29.6. The molecule has 1 radical (unpaired) electrons. The first-order chi connectivity index (χ1) is 18.5. The van der Waals surface area contributed by atoms with Gasteiger partial charge < -0.3 is 9.97 Å². The molecule has 0 amide bonds. The number of aromatic nitrogens is 2. The summed E-state index contributed by atoms with van der Waals surface area (Å²) in [6.07, 6.45) is 3.81. The Hall–Kier alpha value is -2.61. The van der Waals surface area contributed by atoms with Crippen LogP contribution < -0.4 is 0 Å². The minimum absolute atomic E-state index is 0. The number of fused-ring (bicyclic) bond motifs is 1. The first kappa shape index (κ1) is 32.9. The van der Waals surface area contributed by atoms with E-state index in [2.05, 4.69) is 118 Å². The molecule has 0 unspecified atom stereocenters. The summed E-state index contributed by atoms with van der Waals surface area (Å²) in [4.78, 5) is 9.00. The molecule has 0 fully saturated rings. The fraction of sp³-hybridized carbons (Fsp3) is 0.421.